The number of fused-ring (bicyclic) bond motifs is 1. The first kappa shape index (κ1) is 29.5. The van der Waals surface area contributed by atoms with Crippen molar-refractivity contribution in [2.75, 3.05) is 17.7 Å². The number of nitrogens with zero attached hydrogens (tertiary/aromatic N) is 3. The fourth-order valence-corrected chi connectivity index (χ4v) is 6.99. The Labute approximate surface area is 253 Å². The van der Waals surface area contributed by atoms with Crippen molar-refractivity contribution in [1.29, 1.82) is 0 Å². The Hall–Kier alpha value is -3.96. The van der Waals surface area contributed by atoms with Gasteiger partial charge >= 0.3 is 5.97 Å². The number of aromatic nitrogens is 3. The van der Waals surface area contributed by atoms with Gasteiger partial charge in [-0.3, -0.25) is 14.2 Å². The van der Waals surface area contributed by atoms with Gasteiger partial charge in [-0.15, -0.1) is 21.5 Å². The molecule has 2 N–H and O–H groups in total. The predicted octanol–water partition coefficient (Wildman–Crippen LogP) is 5.20. The highest BCUT2D eigenvalue weighted by Crippen LogP contribution is 2.39. The molecule has 4 aromatic rings. The molecule has 218 valence electrons. The summed E-state index contributed by atoms with van der Waals surface area (Å²) in [6.45, 7) is 6.24. The minimum atomic E-state index is -0.395. The van der Waals surface area contributed by atoms with Crippen LogP contribution in [0.1, 0.15) is 56.7 Å². The van der Waals surface area contributed by atoms with Gasteiger partial charge in [-0.25, -0.2) is 4.79 Å². The third-order valence-corrected chi connectivity index (χ3v) is 9.08. The molecule has 0 bridgehead atoms. The second kappa shape index (κ2) is 13.3. The van der Waals surface area contributed by atoms with Crippen LogP contribution in [0.4, 0.5) is 5.00 Å². The molecule has 2 heterocycles. The molecule has 0 radical (unpaired) electrons. The van der Waals surface area contributed by atoms with E-state index in [0.29, 0.717) is 21.5 Å². The fourth-order valence-electron chi connectivity index (χ4n) is 4.94. The van der Waals surface area contributed by atoms with Gasteiger partial charge < -0.3 is 15.4 Å². The van der Waals surface area contributed by atoms with Gasteiger partial charge in [-0.1, -0.05) is 54.2 Å². The van der Waals surface area contributed by atoms with E-state index in [0.717, 1.165) is 52.1 Å². The van der Waals surface area contributed by atoms with Crippen LogP contribution in [0.3, 0.4) is 0 Å². The first-order valence-electron chi connectivity index (χ1n) is 13.9. The normalized spacial score (nSPS) is 12.2. The van der Waals surface area contributed by atoms with Crippen LogP contribution in [-0.4, -0.2) is 44.9 Å². The maximum Gasteiger partial charge on any atom is 0.341 e. The molecular weight excluding hydrogens is 571 g/mol. The first-order valence-corrected chi connectivity index (χ1v) is 15.7. The Kier molecular flexibility index (Phi) is 9.38. The average Bonchev–Trinajstić information content (AvgIpc) is 3.67. The molecule has 2 amide bonds. The summed E-state index contributed by atoms with van der Waals surface area (Å²) < 4.78 is 7.18. The highest BCUT2D eigenvalue weighted by atomic mass is 32.2. The van der Waals surface area contributed by atoms with Crippen LogP contribution >= 0.6 is 23.1 Å². The van der Waals surface area contributed by atoms with Crippen LogP contribution in [0.15, 0.2) is 53.7 Å². The predicted molar refractivity (Wildman–Crippen MR) is 164 cm³/mol. The number of esters is 1. The van der Waals surface area contributed by atoms with Crippen molar-refractivity contribution >= 4 is 45.9 Å². The van der Waals surface area contributed by atoms with Crippen molar-refractivity contribution < 1.29 is 19.1 Å². The minimum Gasteiger partial charge on any atom is -0.462 e. The molecule has 11 heteroatoms. The lowest BCUT2D eigenvalue weighted by molar-refractivity contribution is -0.120. The average molecular weight is 604 g/mol. The number of benzene rings is 2. The van der Waals surface area contributed by atoms with Crippen molar-refractivity contribution in [3.63, 3.8) is 0 Å². The van der Waals surface area contributed by atoms with Gasteiger partial charge in [0.2, 0.25) is 11.8 Å². The van der Waals surface area contributed by atoms with E-state index in [2.05, 4.69) is 20.8 Å². The Balaban J connectivity index is 1.32. The standard InChI is InChI=1S/C31H33N5O4S2/c1-4-40-30(39)28-22-11-8-12-24(22)42-29(28)33-27(38)18-41-31-35-34-25(36(31)23-15-19(2)13-14-20(23)3)17-32-26(37)16-21-9-6-5-7-10-21/h5-7,9-10,13-15H,4,8,11-12,16-18H2,1-3H3,(H,32,37)(H,33,38). The summed E-state index contributed by atoms with van der Waals surface area (Å²) in [7, 11) is 0. The molecule has 0 unspecified atom stereocenters. The Morgan fingerprint density at radius 1 is 1.05 bits per heavy atom. The van der Waals surface area contributed by atoms with E-state index in [9.17, 15) is 14.4 Å². The molecule has 0 spiro atoms. The molecule has 9 nitrogen and oxygen atoms in total. The van der Waals surface area contributed by atoms with Crippen molar-refractivity contribution in [3.8, 4) is 5.69 Å². The van der Waals surface area contributed by atoms with Gasteiger partial charge in [-0.05, 0) is 68.4 Å². The highest BCUT2D eigenvalue weighted by molar-refractivity contribution is 7.99. The van der Waals surface area contributed by atoms with Crippen LogP contribution in [0, 0.1) is 13.8 Å². The Morgan fingerprint density at radius 2 is 1.86 bits per heavy atom. The molecule has 42 heavy (non-hydrogen) atoms. The van der Waals surface area contributed by atoms with Crippen molar-refractivity contribution in [3.05, 3.63) is 87.0 Å². The molecule has 0 atom stereocenters. The molecular formula is C31H33N5O4S2. The van der Waals surface area contributed by atoms with E-state index < -0.39 is 5.97 Å². The Morgan fingerprint density at radius 3 is 2.64 bits per heavy atom. The van der Waals surface area contributed by atoms with E-state index in [4.69, 9.17) is 4.74 Å². The van der Waals surface area contributed by atoms with Gasteiger partial charge in [-0.2, -0.15) is 0 Å². The van der Waals surface area contributed by atoms with E-state index in [-0.39, 0.29) is 37.1 Å². The van der Waals surface area contributed by atoms with Crippen molar-refractivity contribution in [1.82, 2.24) is 20.1 Å². The summed E-state index contributed by atoms with van der Waals surface area (Å²) in [6.07, 6.45) is 2.98. The Bertz CT molecular complexity index is 1610. The minimum absolute atomic E-state index is 0.0637. The van der Waals surface area contributed by atoms with Crippen LogP contribution in [0.2, 0.25) is 0 Å². The van der Waals surface area contributed by atoms with Gasteiger partial charge in [0.15, 0.2) is 11.0 Å². The second-order valence-electron chi connectivity index (χ2n) is 10.1. The third-order valence-electron chi connectivity index (χ3n) is 6.94. The lowest BCUT2D eigenvalue weighted by atomic mass is 10.1. The maximum atomic E-state index is 13.1. The molecule has 2 aromatic carbocycles. The van der Waals surface area contributed by atoms with E-state index in [1.54, 1.807) is 6.92 Å². The summed E-state index contributed by atoms with van der Waals surface area (Å²) in [5.74, 6) is -0.140. The van der Waals surface area contributed by atoms with Gasteiger partial charge in [0, 0.05) is 4.88 Å². The zero-order valence-corrected chi connectivity index (χ0v) is 25.5. The fraction of sp³-hybridized carbons (Fsp3) is 0.323. The lowest BCUT2D eigenvalue weighted by Crippen LogP contribution is -2.26. The third kappa shape index (κ3) is 6.74. The van der Waals surface area contributed by atoms with E-state index in [1.807, 2.05) is 66.9 Å². The van der Waals surface area contributed by atoms with Crippen LogP contribution < -0.4 is 10.6 Å². The number of amides is 2. The molecule has 1 aliphatic carbocycles. The number of carbonyl (C=O) groups excluding carboxylic acids is 3. The maximum absolute atomic E-state index is 13.1. The molecule has 5 rings (SSSR count). The monoisotopic (exact) mass is 603 g/mol. The molecule has 2 aromatic heterocycles. The summed E-state index contributed by atoms with van der Waals surface area (Å²) >= 11 is 2.70. The lowest BCUT2D eigenvalue weighted by Gasteiger charge is -2.14. The number of nitrogens with one attached hydrogen (secondary N) is 2. The topological polar surface area (TPSA) is 115 Å². The van der Waals surface area contributed by atoms with E-state index >= 15 is 0 Å². The van der Waals surface area contributed by atoms with E-state index in [1.165, 1.54) is 23.1 Å². The number of anilines is 1. The molecule has 1 aliphatic rings. The largest absolute Gasteiger partial charge is 0.462 e. The van der Waals surface area contributed by atoms with Crippen LogP contribution in [-0.2, 0) is 40.1 Å². The number of aryl methyl sites for hydroxylation is 3. The van der Waals surface area contributed by atoms with Crippen molar-refractivity contribution in [2.24, 2.45) is 0 Å². The summed E-state index contributed by atoms with van der Waals surface area (Å²) in [6, 6.07) is 15.6. The zero-order chi connectivity index (χ0) is 29.6. The van der Waals surface area contributed by atoms with Crippen LogP contribution in [0.25, 0.3) is 5.69 Å². The number of carbonyl (C=O) groups is 3. The highest BCUT2D eigenvalue weighted by Gasteiger charge is 2.28. The van der Waals surface area contributed by atoms with Crippen molar-refractivity contribution in [2.45, 2.75) is 58.2 Å². The zero-order valence-electron chi connectivity index (χ0n) is 23.9. The number of hydrogen-bond acceptors (Lipinski definition) is 8. The molecule has 0 saturated heterocycles. The van der Waals surface area contributed by atoms with Gasteiger partial charge in [0.1, 0.15) is 5.00 Å². The molecule has 0 saturated carbocycles. The second-order valence-corrected chi connectivity index (χ2v) is 12.1. The first-order chi connectivity index (χ1) is 20.3. The SMILES string of the molecule is CCOC(=O)c1c(NC(=O)CSc2nnc(CNC(=O)Cc3ccccc3)n2-c2cc(C)ccc2C)sc2c1CCC2. The van der Waals surface area contributed by atoms with Gasteiger partial charge in [0.05, 0.1) is 36.6 Å². The smallest absolute Gasteiger partial charge is 0.341 e. The number of hydrogen-bond donors (Lipinski definition) is 2. The number of thiophene rings is 1. The number of ether oxygens (including phenoxy) is 1. The number of rotatable bonds is 11. The summed E-state index contributed by atoms with van der Waals surface area (Å²) in [5.41, 5.74) is 5.37. The molecule has 0 fully saturated rings. The molecule has 0 aliphatic heterocycles. The van der Waals surface area contributed by atoms with Gasteiger partial charge in [0.25, 0.3) is 0 Å². The summed E-state index contributed by atoms with van der Waals surface area (Å²) in [5, 5.41) is 15.7. The summed E-state index contributed by atoms with van der Waals surface area (Å²) in [4.78, 5) is 39.6. The quantitative estimate of drug-likeness (QED) is 0.179. The van der Waals surface area contributed by atoms with Crippen LogP contribution in [0.5, 0.6) is 0 Å². The number of thioether (sulfide) groups is 1.